The minimum Gasteiger partial charge on any atom is -0.351 e. The van der Waals surface area contributed by atoms with E-state index in [2.05, 4.69) is 15.5 Å². The van der Waals surface area contributed by atoms with Crippen LogP contribution in [0.5, 0.6) is 0 Å². The lowest BCUT2D eigenvalue weighted by molar-refractivity contribution is -0.131. The van der Waals surface area contributed by atoms with E-state index in [4.69, 9.17) is 5.73 Å². The lowest BCUT2D eigenvalue weighted by atomic mass is 10.0. The van der Waals surface area contributed by atoms with E-state index in [1.54, 1.807) is 10.6 Å². The lowest BCUT2D eigenvalue weighted by Crippen LogP contribution is -2.31. The number of aromatic amines is 1. The van der Waals surface area contributed by atoms with E-state index in [0.717, 1.165) is 42.5 Å². The first-order chi connectivity index (χ1) is 16.0. The van der Waals surface area contributed by atoms with Crippen LogP contribution in [-0.4, -0.2) is 44.7 Å². The Kier molecular flexibility index (Phi) is 5.45. The molecule has 0 radical (unpaired) electrons. The summed E-state index contributed by atoms with van der Waals surface area (Å²) >= 11 is 0. The SMILES string of the molecule is NC(=O)Nc1cccc(-c2ccc(-c3n[nH]c(=O)n3C[C@@H]3CCN(C(=O)C4CC4)C3)cc2)c1. The van der Waals surface area contributed by atoms with Gasteiger partial charge >= 0.3 is 11.7 Å². The highest BCUT2D eigenvalue weighted by Gasteiger charge is 2.36. The quantitative estimate of drug-likeness (QED) is 0.538. The van der Waals surface area contributed by atoms with Crippen molar-refractivity contribution in [2.24, 2.45) is 17.6 Å². The summed E-state index contributed by atoms with van der Waals surface area (Å²) in [4.78, 5) is 37.9. The van der Waals surface area contributed by atoms with E-state index in [-0.39, 0.29) is 23.4 Å². The molecule has 2 aliphatic rings. The second-order valence-electron chi connectivity index (χ2n) is 8.82. The molecule has 170 valence electrons. The molecule has 1 saturated heterocycles. The largest absolute Gasteiger partial charge is 0.351 e. The number of amides is 3. The van der Waals surface area contributed by atoms with Crippen LogP contribution in [0.15, 0.2) is 53.3 Å². The molecule has 3 amide bonds. The maximum atomic E-state index is 12.5. The smallest absolute Gasteiger partial charge is 0.343 e. The fourth-order valence-corrected chi connectivity index (χ4v) is 4.47. The standard InChI is InChI=1S/C24H26N6O3/c25-23(32)26-20-3-1-2-19(12-20)16-4-6-17(7-5-16)21-27-28-24(33)30(21)14-15-10-11-29(13-15)22(31)18-8-9-18/h1-7,12,15,18H,8-11,13-14H2,(H,28,33)(H3,25,26,32)/t15-/m1/s1. The number of anilines is 1. The molecule has 0 unspecified atom stereocenters. The van der Waals surface area contributed by atoms with E-state index in [0.29, 0.717) is 24.6 Å². The molecule has 1 saturated carbocycles. The number of carbonyl (C=O) groups is 2. The molecule has 1 aliphatic carbocycles. The zero-order valence-corrected chi connectivity index (χ0v) is 18.2. The molecule has 2 aromatic carbocycles. The number of aromatic nitrogens is 3. The summed E-state index contributed by atoms with van der Waals surface area (Å²) in [7, 11) is 0. The van der Waals surface area contributed by atoms with Crippen LogP contribution >= 0.6 is 0 Å². The molecule has 1 aliphatic heterocycles. The van der Waals surface area contributed by atoms with Gasteiger partial charge in [-0.1, -0.05) is 36.4 Å². The maximum Gasteiger partial charge on any atom is 0.343 e. The second-order valence-corrected chi connectivity index (χ2v) is 8.82. The summed E-state index contributed by atoms with van der Waals surface area (Å²) in [5, 5.41) is 9.40. The zero-order valence-electron chi connectivity index (χ0n) is 18.2. The Morgan fingerprint density at radius 3 is 2.55 bits per heavy atom. The predicted octanol–water partition coefficient (Wildman–Crippen LogP) is 2.65. The Bertz CT molecular complexity index is 1240. The van der Waals surface area contributed by atoms with Crippen LogP contribution in [0.25, 0.3) is 22.5 Å². The summed E-state index contributed by atoms with van der Waals surface area (Å²) in [6.07, 6.45) is 2.91. The van der Waals surface area contributed by atoms with E-state index in [9.17, 15) is 14.4 Å². The number of likely N-dealkylation sites (tertiary alicyclic amines) is 1. The highest BCUT2D eigenvalue weighted by molar-refractivity contribution is 5.88. The monoisotopic (exact) mass is 446 g/mol. The van der Waals surface area contributed by atoms with Crippen molar-refractivity contribution in [3.05, 3.63) is 59.0 Å². The number of primary amides is 1. The van der Waals surface area contributed by atoms with Crippen molar-refractivity contribution in [3.63, 3.8) is 0 Å². The number of benzene rings is 2. The van der Waals surface area contributed by atoms with Crippen molar-refractivity contribution in [2.45, 2.75) is 25.8 Å². The second kappa shape index (κ2) is 8.57. The van der Waals surface area contributed by atoms with Gasteiger partial charge in [-0.3, -0.25) is 9.36 Å². The molecule has 33 heavy (non-hydrogen) atoms. The minimum atomic E-state index is -0.610. The Morgan fingerprint density at radius 2 is 1.82 bits per heavy atom. The van der Waals surface area contributed by atoms with Crippen LogP contribution in [-0.2, 0) is 11.3 Å². The van der Waals surface area contributed by atoms with E-state index < -0.39 is 6.03 Å². The minimum absolute atomic E-state index is 0.224. The van der Waals surface area contributed by atoms with Crippen LogP contribution < -0.4 is 16.7 Å². The van der Waals surface area contributed by atoms with Crippen molar-refractivity contribution >= 4 is 17.6 Å². The molecule has 3 aromatic rings. The van der Waals surface area contributed by atoms with Gasteiger partial charge in [-0.2, -0.15) is 5.10 Å². The van der Waals surface area contributed by atoms with Crippen LogP contribution in [0.3, 0.4) is 0 Å². The van der Waals surface area contributed by atoms with Gasteiger partial charge in [0.25, 0.3) is 0 Å². The summed E-state index contributed by atoms with van der Waals surface area (Å²) in [5.41, 5.74) is 8.30. The topological polar surface area (TPSA) is 126 Å². The molecule has 0 bridgehead atoms. The Labute approximate surface area is 190 Å². The van der Waals surface area contributed by atoms with Crippen LogP contribution in [0.2, 0.25) is 0 Å². The number of rotatable bonds is 6. The van der Waals surface area contributed by atoms with Gasteiger partial charge in [-0.15, -0.1) is 0 Å². The molecular formula is C24H26N6O3. The van der Waals surface area contributed by atoms with E-state index in [1.165, 1.54) is 0 Å². The molecule has 2 fully saturated rings. The summed E-state index contributed by atoms with van der Waals surface area (Å²) in [5.74, 6) is 1.31. The van der Waals surface area contributed by atoms with E-state index >= 15 is 0 Å². The summed E-state index contributed by atoms with van der Waals surface area (Å²) < 4.78 is 1.67. The summed E-state index contributed by atoms with van der Waals surface area (Å²) in [6, 6.07) is 14.6. The van der Waals surface area contributed by atoms with Crippen molar-refractivity contribution in [1.82, 2.24) is 19.7 Å². The van der Waals surface area contributed by atoms with Gasteiger partial charge in [0.05, 0.1) is 0 Å². The summed E-state index contributed by atoms with van der Waals surface area (Å²) in [6.45, 7) is 1.99. The number of nitrogens with zero attached hydrogens (tertiary/aromatic N) is 3. The Balaban J connectivity index is 1.32. The number of hydrogen-bond acceptors (Lipinski definition) is 4. The van der Waals surface area contributed by atoms with Gasteiger partial charge in [0, 0.05) is 36.8 Å². The zero-order chi connectivity index (χ0) is 22.9. The third-order valence-electron chi connectivity index (χ3n) is 6.33. The number of carbonyl (C=O) groups excluding carboxylic acids is 2. The molecule has 9 heteroatoms. The first-order valence-electron chi connectivity index (χ1n) is 11.2. The van der Waals surface area contributed by atoms with Gasteiger partial charge in [-0.25, -0.2) is 14.7 Å². The van der Waals surface area contributed by atoms with Crippen LogP contribution in [0, 0.1) is 11.8 Å². The van der Waals surface area contributed by atoms with Crippen molar-refractivity contribution in [1.29, 1.82) is 0 Å². The van der Waals surface area contributed by atoms with Gasteiger partial charge in [-0.05, 0) is 48.4 Å². The molecule has 0 spiro atoms. The van der Waals surface area contributed by atoms with Gasteiger partial charge in [0.2, 0.25) is 5.91 Å². The average molecular weight is 447 g/mol. The third kappa shape index (κ3) is 4.52. The Hall–Kier alpha value is -3.88. The number of nitrogens with two attached hydrogens (primary N) is 1. The predicted molar refractivity (Wildman–Crippen MR) is 124 cm³/mol. The van der Waals surface area contributed by atoms with Crippen molar-refractivity contribution in [2.75, 3.05) is 18.4 Å². The van der Waals surface area contributed by atoms with Crippen molar-refractivity contribution in [3.8, 4) is 22.5 Å². The van der Waals surface area contributed by atoms with Gasteiger partial charge in [0.15, 0.2) is 5.82 Å². The molecule has 4 N–H and O–H groups in total. The first-order valence-corrected chi connectivity index (χ1v) is 11.2. The van der Waals surface area contributed by atoms with Gasteiger partial charge < -0.3 is 16.0 Å². The Morgan fingerprint density at radius 1 is 1.06 bits per heavy atom. The molecule has 9 nitrogen and oxygen atoms in total. The third-order valence-corrected chi connectivity index (χ3v) is 6.33. The fraction of sp³-hybridized carbons (Fsp3) is 0.333. The normalized spacial score (nSPS) is 17.8. The highest BCUT2D eigenvalue weighted by Crippen LogP contribution is 2.33. The van der Waals surface area contributed by atoms with Gasteiger partial charge in [0.1, 0.15) is 0 Å². The molecule has 2 heterocycles. The number of nitrogens with one attached hydrogen (secondary N) is 2. The van der Waals surface area contributed by atoms with E-state index in [1.807, 2.05) is 47.4 Å². The number of H-pyrrole nitrogens is 1. The maximum absolute atomic E-state index is 12.5. The highest BCUT2D eigenvalue weighted by atomic mass is 16.2. The van der Waals surface area contributed by atoms with Crippen LogP contribution in [0.1, 0.15) is 19.3 Å². The van der Waals surface area contributed by atoms with Crippen LogP contribution in [0.4, 0.5) is 10.5 Å². The van der Waals surface area contributed by atoms with Crippen molar-refractivity contribution < 1.29 is 9.59 Å². The first kappa shape index (κ1) is 21.0. The number of urea groups is 1. The fourth-order valence-electron chi connectivity index (χ4n) is 4.47. The molecule has 5 rings (SSSR count). The average Bonchev–Trinajstić information content (AvgIpc) is 3.45. The number of hydrogen-bond donors (Lipinski definition) is 3. The lowest BCUT2D eigenvalue weighted by Gasteiger charge is -2.16. The molecular weight excluding hydrogens is 420 g/mol. The molecule has 1 atom stereocenters. The molecule has 1 aromatic heterocycles.